The van der Waals surface area contributed by atoms with Crippen molar-refractivity contribution in [2.75, 3.05) is 28.2 Å². The Morgan fingerprint density at radius 1 is 1.03 bits per heavy atom. The summed E-state index contributed by atoms with van der Waals surface area (Å²) < 4.78 is 45.6. The molecule has 0 aliphatic heterocycles. The Kier molecular flexibility index (Phi) is 6.13. The van der Waals surface area contributed by atoms with E-state index in [1.54, 1.807) is 55.6 Å². The first-order valence-electron chi connectivity index (χ1n) is 8.70. The molecule has 0 aliphatic rings. The van der Waals surface area contributed by atoms with Crippen molar-refractivity contribution < 1.29 is 17.5 Å². The summed E-state index contributed by atoms with van der Waals surface area (Å²) in [7, 11) is -1.92. The average molecular weight is 417 g/mol. The van der Waals surface area contributed by atoms with Crippen molar-refractivity contribution in [2.45, 2.75) is 6.92 Å². The van der Waals surface area contributed by atoms with Crippen LogP contribution >= 0.6 is 0 Å². The smallest absolute Gasteiger partial charge is 0.232 e. The molecule has 0 spiro atoms. The van der Waals surface area contributed by atoms with Crippen LogP contribution < -0.4 is 20.1 Å². The van der Waals surface area contributed by atoms with Crippen LogP contribution in [0.1, 0.15) is 6.92 Å². The van der Waals surface area contributed by atoms with E-state index in [2.05, 4.69) is 25.3 Å². The molecule has 0 saturated heterocycles. The number of sulfonamides is 1. The quantitative estimate of drug-likeness (QED) is 0.511. The lowest BCUT2D eigenvalue weighted by Crippen LogP contribution is -2.15. The lowest BCUT2D eigenvalue weighted by molar-refractivity contribution is 0.415. The van der Waals surface area contributed by atoms with Gasteiger partial charge < -0.3 is 15.4 Å². The van der Waals surface area contributed by atoms with Gasteiger partial charge in [0, 0.05) is 5.69 Å². The summed E-state index contributed by atoms with van der Waals surface area (Å²) in [5.74, 6) is 0.00594. The van der Waals surface area contributed by atoms with E-state index in [0.717, 1.165) is 6.20 Å². The topological polar surface area (TPSA) is 105 Å². The second-order valence-corrected chi connectivity index (χ2v) is 7.93. The third-order valence-corrected chi connectivity index (χ3v) is 5.21. The van der Waals surface area contributed by atoms with E-state index in [4.69, 9.17) is 4.74 Å². The molecule has 0 saturated carbocycles. The number of aromatic nitrogens is 2. The molecular formula is C19H20FN5O3S. The molecular weight excluding hydrogens is 397 g/mol. The van der Waals surface area contributed by atoms with Crippen molar-refractivity contribution in [3.05, 3.63) is 60.5 Å². The molecule has 3 rings (SSSR count). The maximum atomic E-state index is 14.3. The highest BCUT2D eigenvalue weighted by molar-refractivity contribution is 7.92. The number of hydrogen-bond donors (Lipinski definition) is 3. The normalized spacial score (nSPS) is 11.0. The van der Waals surface area contributed by atoms with E-state index in [1.165, 1.54) is 6.92 Å². The highest BCUT2D eigenvalue weighted by Crippen LogP contribution is 2.27. The Morgan fingerprint density at radius 3 is 2.38 bits per heavy atom. The largest absolute Gasteiger partial charge is 0.497 e. The Bertz CT molecular complexity index is 1090. The molecule has 1 aromatic heterocycles. The number of para-hydroxylation sites is 2. The molecule has 0 amide bonds. The lowest BCUT2D eigenvalue weighted by Gasteiger charge is -2.14. The summed E-state index contributed by atoms with van der Waals surface area (Å²) in [5, 5.41) is 5.79. The molecule has 0 fully saturated rings. The predicted octanol–water partition coefficient (Wildman–Crippen LogP) is 3.87. The monoisotopic (exact) mass is 417 g/mol. The SMILES string of the molecule is CCS(=O)(=O)Nc1ccccc1Nc1nc(Nc2ccc(OC)cc2)ncc1F. The third-order valence-electron chi connectivity index (χ3n) is 3.92. The highest BCUT2D eigenvalue weighted by Gasteiger charge is 2.13. The number of anilines is 5. The van der Waals surface area contributed by atoms with E-state index in [0.29, 0.717) is 17.1 Å². The van der Waals surface area contributed by atoms with Gasteiger partial charge in [-0.25, -0.2) is 17.8 Å². The Balaban J connectivity index is 1.84. The summed E-state index contributed by atoms with van der Waals surface area (Å²) in [6.07, 6.45) is 1.03. The highest BCUT2D eigenvalue weighted by atomic mass is 32.2. The van der Waals surface area contributed by atoms with E-state index >= 15 is 0 Å². The molecule has 0 atom stereocenters. The maximum absolute atomic E-state index is 14.3. The first-order valence-corrected chi connectivity index (χ1v) is 10.4. The number of nitrogens with zero attached hydrogens (tertiary/aromatic N) is 2. The minimum absolute atomic E-state index is 0.0842. The predicted molar refractivity (Wildman–Crippen MR) is 111 cm³/mol. The average Bonchev–Trinajstić information content (AvgIpc) is 2.72. The van der Waals surface area contributed by atoms with Gasteiger partial charge in [0.2, 0.25) is 16.0 Å². The molecule has 0 unspecified atom stereocenters. The maximum Gasteiger partial charge on any atom is 0.232 e. The van der Waals surface area contributed by atoms with Crippen LogP contribution in [0.4, 0.5) is 33.2 Å². The Hall–Kier alpha value is -3.40. The van der Waals surface area contributed by atoms with Gasteiger partial charge in [0.1, 0.15) is 5.75 Å². The first-order chi connectivity index (χ1) is 13.9. The van der Waals surface area contributed by atoms with Gasteiger partial charge in [0.25, 0.3) is 0 Å². The minimum atomic E-state index is -3.49. The van der Waals surface area contributed by atoms with Gasteiger partial charge in [0.05, 0.1) is 30.4 Å². The van der Waals surface area contributed by atoms with Crippen LogP contribution in [0.2, 0.25) is 0 Å². The summed E-state index contributed by atoms with van der Waals surface area (Å²) in [6, 6.07) is 13.6. The summed E-state index contributed by atoms with van der Waals surface area (Å²) in [5.41, 5.74) is 1.34. The van der Waals surface area contributed by atoms with E-state index in [-0.39, 0.29) is 23.2 Å². The van der Waals surface area contributed by atoms with E-state index < -0.39 is 15.8 Å². The van der Waals surface area contributed by atoms with Crippen molar-refractivity contribution in [2.24, 2.45) is 0 Å². The lowest BCUT2D eigenvalue weighted by atomic mass is 10.2. The van der Waals surface area contributed by atoms with Crippen molar-refractivity contribution in [1.82, 2.24) is 9.97 Å². The van der Waals surface area contributed by atoms with Gasteiger partial charge >= 0.3 is 0 Å². The van der Waals surface area contributed by atoms with Crippen molar-refractivity contribution in [3.63, 3.8) is 0 Å². The van der Waals surface area contributed by atoms with Crippen molar-refractivity contribution in [1.29, 1.82) is 0 Å². The zero-order valence-corrected chi connectivity index (χ0v) is 16.6. The summed E-state index contributed by atoms with van der Waals surface area (Å²) in [6.45, 7) is 1.53. The van der Waals surface area contributed by atoms with Crippen LogP contribution in [0.15, 0.2) is 54.7 Å². The number of ether oxygens (including phenoxy) is 1. The third kappa shape index (κ3) is 5.32. The Morgan fingerprint density at radius 2 is 1.72 bits per heavy atom. The van der Waals surface area contributed by atoms with Gasteiger partial charge in [-0.1, -0.05) is 12.1 Å². The fourth-order valence-electron chi connectivity index (χ4n) is 2.37. The van der Waals surface area contributed by atoms with Crippen LogP contribution in [0, 0.1) is 5.82 Å². The molecule has 2 aromatic carbocycles. The van der Waals surface area contributed by atoms with Crippen molar-refractivity contribution >= 4 is 38.9 Å². The number of hydrogen-bond acceptors (Lipinski definition) is 7. The van der Waals surface area contributed by atoms with Gasteiger partial charge in [-0.05, 0) is 43.3 Å². The minimum Gasteiger partial charge on any atom is -0.497 e. The second kappa shape index (κ2) is 8.74. The summed E-state index contributed by atoms with van der Waals surface area (Å²) >= 11 is 0. The zero-order valence-electron chi connectivity index (χ0n) is 15.8. The number of benzene rings is 2. The van der Waals surface area contributed by atoms with Gasteiger partial charge in [-0.3, -0.25) is 4.72 Å². The molecule has 0 aliphatic carbocycles. The number of halogens is 1. The van der Waals surface area contributed by atoms with E-state index in [9.17, 15) is 12.8 Å². The molecule has 0 radical (unpaired) electrons. The van der Waals surface area contributed by atoms with Crippen LogP contribution in [-0.2, 0) is 10.0 Å². The number of rotatable bonds is 8. The molecule has 29 heavy (non-hydrogen) atoms. The molecule has 8 nitrogen and oxygen atoms in total. The zero-order chi connectivity index (χ0) is 20.9. The second-order valence-electron chi connectivity index (χ2n) is 5.92. The molecule has 1 heterocycles. The van der Waals surface area contributed by atoms with Crippen molar-refractivity contribution in [3.8, 4) is 5.75 Å². The number of methoxy groups -OCH3 is 1. The van der Waals surface area contributed by atoms with Crippen LogP contribution in [0.3, 0.4) is 0 Å². The van der Waals surface area contributed by atoms with Crippen LogP contribution in [0.25, 0.3) is 0 Å². The van der Waals surface area contributed by atoms with Crippen LogP contribution in [0.5, 0.6) is 5.75 Å². The fourth-order valence-corrected chi connectivity index (χ4v) is 3.02. The molecule has 3 aromatic rings. The molecule has 10 heteroatoms. The molecule has 0 bridgehead atoms. The van der Waals surface area contributed by atoms with Crippen LogP contribution in [-0.4, -0.2) is 31.2 Å². The van der Waals surface area contributed by atoms with Gasteiger partial charge in [0.15, 0.2) is 11.6 Å². The number of nitrogens with one attached hydrogen (secondary N) is 3. The molecule has 3 N–H and O–H groups in total. The molecule has 152 valence electrons. The standard InChI is InChI=1S/C19H20FN5O3S/c1-3-29(26,27)25-17-7-5-4-6-16(17)23-18-15(20)12-21-19(24-18)22-13-8-10-14(28-2)11-9-13/h4-12,25H,3H2,1-2H3,(H2,21,22,23,24). The Labute approximate surface area is 168 Å². The van der Waals surface area contributed by atoms with Gasteiger partial charge in [-0.15, -0.1) is 0 Å². The summed E-state index contributed by atoms with van der Waals surface area (Å²) in [4.78, 5) is 8.08. The first kappa shape index (κ1) is 20.3. The fraction of sp³-hybridized carbons (Fsp3) is 0.158. The van der Waals surface area contributed by atoms with Gasteiger partial charge in [-0.2, -0.15) is 4.98 Å². The van der Waals surface area contributed by atoms with E-state index in [1.807, 2.05) is 0 Å².